The summed E-state index contributed by atoms with van der Waals surface area (Å²) in [5.41, 5.74) is 0.902. The molecule has 1 aromatic rings. The molecule has 1 N–H and O–H groups in total. The van der Waals surface area contributed by atoms with Gasteiger partial charge >= 0.3 is 12.1 Å². The Morgan fingerprint density at radius 2 is 1.95 bits per heavy atom. The molecule has 0 aromatic heterocycles. The molecular weight excluding hydrogens is 286 g/mol. The third-order valence-corrected chi connectivity index (χ3v) is 3.67. The second-order valence-corrected chi connectivity index (χ2v) is 5.16. The van der Waals surface area contributed by atoms with E-state index < -0.39 is 18.1 Å². The molecule has 1 saturated heterocycles. The van der Waals surface area contributed by atoms with E-state index in [2.05, 4.69) is 10.1 Å². The molecule has 0 bridgehead atoms. The molecule has 2 rings (SSSR count). The predicted octanol–water partition coefficient (Wildman–Crippen LogP) is 1.88. The van der Waals surface area contributed by atoms with Crippen LogP contribution in [0, 0.1) is 5.92 Å². The standard InChI is InChI=1S/C16H21NO5/c1-20-16(19)17-14(13-7-9-21-10-8-13)15(18)22-11-12-5-3-2-4-6-12/h2-6,13-14H,7-11H2,1H3,(H,17,19). The van der Waals surface area contributed by atoms with E-state index in [1.165, 1.54) is 7.11 Å². The lowest BCUT2D eigenvalue weighted by atomic mass is 9.92. The first-order chi connectivity index (χ1) is 10.7. The van der Waals surface area contributed by atoms with Crippen molar-refractivity contribution in [2.45, 2.75) is 25.5 Å². The van der Waals surface area contributed by atoms with Crippen LogP contribution in [-0.4, -0.2) is 38.4 Å². The third kappa shape index (κ3) is 4.73. The molecule has 1 aromatic carbocycles. The highest BCUT2D eigenvalue weighted by Crippen LogP contribution is 2.20. The Kier molecular flexibility index (Phi) is 6.21. The maximum absolute atomic E-state index is 12.3. The molecule has 1 aliphatic rings. The average Bonchev–Trinajstić information content (AvgIpc) is 2.59. The van der Waals surface area contributed by atoms with Crippen LogP contribution in [0.1, 0.15) is 18.4 Å². The van der Waals surface area contributed by atoms with Gasteiger partial charge in [-0.3, -0.25) is 0 Å². The van der Waals surface area contributed by atoms with Gasteiger partial charge < -0.3 is 19.5 Å². The highest BCUT2D eigenvalue weighted by Gasteiger charge is 2.32. The number of methoxy groups -OCH3 is 1. The first-order valence-electron chi connectivity index (χ1n) is 7.33. The van der Waals surface area contributed by atoms with E-state index in [1.54, 1.807) is 0 Å². The van der Waals surface area contributed by atoms with Gasteiger partial charge in [0.15, 0.2) is 0 Å². The summed E-state index contributed by atoms with van der Waals surface area (Å²) in [5, 5.41) is 2.58. The molecule has 1 fully saturated rings. The number of hydrogen-bond acceptors (Lipinski definition) is 5. The number of nitrogens with one attached hydrogen (secondary N) is 1. The van der Waals surface area contributed by atoms with Crippen molar-refractivity contribution < 1.29 is 23.8 Å². The van der Waals surface area contributed by atoms with Crippen LogP contribution in [0.5, 0.6) is 0 Å². The smallest absolute Gasteiger partial charge is 0.407 e. The number of rotatable bonds is 5. The van der Waals surface area contributed by atoms with Gasteiger partial charge in [-0.15, -0.1) is 0 Å². The Morgan fingerprint density at radius 1 is 1.27 bits per heavy atom. The number of amides is 1. The van der Waals surface area contributed by atoms with Crippen molar-refractivity contribution in [3.05, 3.63) is 35.9 Å². The lowest BCUT2D eigenvalue weighted by molar-refractivity contribution is -0.149. The van der Waals surface area contributed by atoms with Gasteiger partial charge in [-0.25, -0.2) is 9.59 Å². The van der Waals surface area contributed by atoms with Crippen LogP contribution in [0.25, 0.3) is 0 Å². The number of carbonyl (C=O) groups is 2. The van der Waals surface area contributed by atoms with Crippen LogP contribution in [-0.2, 0) is 25.6 Å². The summed E-state index contributed by atoms with van der Waals surface area (Å²) in [7, 11) is 1.27. The van der Waals surface area contributed by atoms with E-state index >= 15 is 0 Å². The fourth-order valence-corrected chi connectivity index (χ4v) is 2.42. The molecule has 6 heteroatoms. The van der Waals surface area contributed by atoms with Gasteiger partial charge in [-0.1, -0.05) is 30.3 Å². The van der Waals surface area contributed by atoms with Gasteiger partial charge in [-0.2, -0.15) is 0 Å². The minimum absolute atomic E-state index is 0.00359. The number of benzene rings is 1. The minimum atomic E-state index is -0.708. The summed E-state index contributed by atoms with van der Waals surface area (Å²) in [4.78, 5) is 23.8. The second kappa shape index (κ2) is 8.38. The van der Waals surface area contributed by atoms with Crippen LogP contribution >= 0.6 is 0 Å². The summed E-state index contributed by atoms with van der Waals surface area (Å²) >= 11 is 0. The van der Waals surface area contributed by atoms with E-state index in [9.17, 15) is 9.59 Å². The fourth-order valence-electron chi connectivity index (χ4n) is 2.42. The van der Waals surface area contributed by atoms with Crippen molar-refractivity contribution in [2.75, 3.05) is 20.3 Å². The lowest BCUT2D eigenvalue weighted by Gasteiger charge is -2.29. The summed E-state index contributed by atoms with van der Waals surface area (Å²) < 4.78 is 15.2. The number of alkyl carbamates (subject to hydrolysis) is 1. The van der Waals surface area contributed by atoms with E-state index in [-0.39, 0.29) is 12.5 Å². The lowest BCUT2D eigenvalue weighted by Crippen LogP contribution is -2.48. The molecule has 0 aliphatic carbocycles. The zero-order valence-electron chi connectivity index (χ0n) is 12.6. The van der Waals surface area contributed by atoms with Gasteiger partial charge in [0.25, 0.3) is 0 Å². The van der Waals surface area contributed by atoms with Crippen LogP contribution < -0.4 is 5.32 Å². The van der Waals surface area contributed by atoms with Crippen LogP contribution in [0.4, 0.5) is 4.79 Å². The molecule has 1 aliphatic heterocycles. The summed E-state index contributed by atoms with van der Waals surface area (Å²) in [5.74, 6) is -0.447. The number of hydrogen-bond donors (Lipinski definition) is 1. The molecule has 0 spiro atoms. The Morgan fingerprint density at radius 3 is 2.59 bits per heavy atom. The van der Waals surface area contributed by atoms with Crippen LogP contribution in [0.2, 0.25) is 0 Å². The van der Waals surface area contributed by atoms with Crippen LogP contribution in [0.15, 0.2) is 30.3 Å². The Balaban J connectivity index is 1.96. The largest absolute Gasteiger partial charge is 0.459 e. The molecule has 1 unspecified atom stereocenters. The maximum Gasteiger partial charge on any atom is 0.407 e. The fraction of sp³-hybridized carbons (Fsp3) is 0.500. The molecule has 6 nitrogen and oxygen atoms in total. The van der Waals surface area contributed by atoms with Gasteiger partial charge in [0.1, 0.15) is 12.6 Å². The first-order valence-corrected chi connectivity index (χ1v) is 7.33. The summed E-state index contributed by atoms with van der Waals surface area (Å²) in [6.07, 6.45) is 0.776. The predicted molar refractivity (Wildman–Crippen MR) is 79.1 cm³/mol. The minimum Gasteiger partial charge on any atom is -0.459 e. The molecule has 1 amide bonds. The monoisotopic (exact) mass is 307 g/mol. The highest BCUT2D eigenvalue weighted by molar-refractivity contribution is 5.81. The normalized spacial score (nSPS) is 16.6. The van der Waals surface area contributed by atoms with Crippen molar-refractivity contribution in [1.29, 1.82) is 0 Å². The van der Waals surface area contributed by atoms with Gasteiger partial charge in [0, 0.05) is 13.2 Å². The zero-order valence-corrected chi connectivity index (χ0v) is 12.6. The number of ether oxygens (including phenoxy) is 3. The topological polar surface area (TPSA) is 73.9 Å². The van der Waals surface area contributed by atoms with E-state index in [4.69, 9.17) is 9.47 Å². The molecule has 0 radical (unpaired) electrons. The summed E-state index contributed by atoms with van der Waals surface area (Å²) in [6, 6.07) is 8.71. The molecule has 1 heterocycles. The maximum atomic E-state index is 12.3. The van der Waals surface area contributed by atoms with Gasteiger partial charge in [-0.05, 0) is 24.3 Å². The summed E-state index contributed by atoms with van der Waals surface area (Å²) in [6.45, 7) is 1.34. The molecule has 22 heavy (non-hydrogen) atoms. The van der Waals surface area contributed by atoms with Crippen molar-refractivity contribution in [3.8, 4) is 0 Å². The molecule has 0 saturated carbocycles. The van der Waals surface area contributed by atoms with E-state index in [1.807, 2.05) is 30.3 Å². The Hall–Kier alpha value is -2.08. The van der Waals surface area contributed by atoms with E-state index in [0.29, 0.717) is 26.1 Å². The molecule has 1 atom stereocenters. The zero-order chi connectivity index (χ0) is 15.8. The van der Waals surface area contributed by atoms with Crippen molar-refractivity contribution >= 4 is 12.1 Å². The van der Waals surface area contributed by atoms with Crippen molar-refractivity contribution in [2.24, 2.45) is 5.92 Å². The molecule has 120 valence electrons. The molecular formula is C16H21NO5. The SMILES string of the molecule is COC(=O)NC(C(=O)OCc1ccccc1)C1CCOCC1. The van der Waals surface area contributed by atoms with Crippen LogP contribution in [0.3, 0.4) is 0 Å². The second-order valence-electron chi connectivity index (χ2n) is 5.16. The first kappa shape index (κ1) is 16.3. The average molecular weight is 307 g/mol. The van der Waals surface area contributed by atoms with Gasteiger partial charge in [0.2, 0.25) is 0 Å². The number of carbonyl (C=O) groups excluding carboxylic acids is 2. The van der Waals surface area contributed by atoms with Gasteiger partial charge in [0.05, 0.1) is 7.11 Å². The number of esters is 1. The van der Waals surface area contributed by atoms with Crippen molar-refractivity contribution in [1.82, 2.24) is 5.32 Å². The quantitative estimate of drug-likeness (QED) is 0.841. The Labute approximate surface area is 129 Å². The highest BCUT2D eigenvalue weighted by atomic mass is 16.5. The van der Waals surface area contributed by atoms with E-state index in [0.717, 1.165) is 5.56 Å². The third-order valence-electron chi connectivity index (χ3n) is 3.67. The Bertz CT molecular complexity index is 485. The van der Waals surface area contributed by atoms with Crippen molar-refractivity contribution in [3.63, 3.8) is 0 Å².